The lowest BCUT2D eigenvalue weighted by molar-refractivity contribution is 0.406. The van der Waals surface area contributed by atoms with E-state index in [1.54, 1.807) is 7.11 Å². The summed E-state index contributed by atoms with van der Waals surface area (Å²) in [6.45, 7) is 3.97. The summed E-state index contributed by atoms with van der Waals surface area (Å²) in [5, 5.41) is 0. The van der Waals surface area contributed by atoms with Crippen LogP contribution in [0.3, 0.4) is 0 Å². The smallest absolute Gasteiger partial charge is 0.123 e. The highest BCUT2D eigenvalue weighted by molar-refractivity contribution is 9.10. The molecule has 0 saturated carbocycles. The van der Waals surface area contributed by atoms with Crippen molar-refractivity contribution < 1.29 is 4.74 Å². The second kappa shape index (κ2) is 4.11. The number of aryl methyl sites for hydroxylation is 1. The molecule has 1 aromatic rings. The summed E-state index contributed by atoms with van der Waals surface area (Å²) < 4.78 is 6.31. The predicted molar refractivity (Wildman–Crippen MR) is 58.0 cm³/mol. The zero-order valence-corrected chi connectivity index (χ0v) is 9.68. The van der Waals surface area contributed by atoms with Gasteiger partial charge in [0.15, 0.2) is 0 Å². The van der Waals surface area contributed by atoms with Gasteiger partial charge in [-0.25, -0.2) is 0 Å². The van der Waals surface area contributed by atoms with Crippen molar-refractivity contribution in [3.05, 3.63) is 27.7 Å². The van der Waals surface area contributed by atoms with Crippen LogP contribution >= 0.6 is 15.9 Å². The second-order valence-electron chi connectivity index (χ2n) is 3.13. The van der Waals surface area contributed by atoms with Crippen LogP contribution in [0.15, 0.2) is 16.6 Å². The molecule has 0 heterocycles. The van der Waals surface area contributed by atoms with Crippen LogP contribution in [-0.2, 0) is 0 Å². The first-order valence-corrected chi connectivity index (χ1v) is 4.95. The Balaban J connectivity index is 3.25. The van der Waals surface area contributed by atoms with Gasteiger partial charge in [-0.1, -0.05) is 15.9 Å². The van der Waals surface area contributed by atoms with E-state index < -0.39 is 0 Å². The summed E-state index contributed by atoms with van der Waals surface area (Å²) in [6.07, 6.45) is 0. The number of halogens is 1. The monoisotopic (exact) mass is 243 g/mol. The third-order valence-corrected chi connectivity index (χ3v) is 2.86. The Bertz CT molecular complexity index is 310. The summed E-state index contributed by atoms with van der Waals surface area (Å²) >= 11 is 3.47. The number of hydrogen-bond acceptors (Lipinski definition) is 2. The van der Waals surface area contributed by atoms with Crippen LogP contribution < -0.4 is 10.5 Å². The molecule has 2 N–H and O–H groups in total. The number of nitrogens with two attached hydrogens (primary N) is 1. The van der Waals surface area contributed by atoms with Crippen LogP contribution in [0.4, 0.5) is 0 Å². The lowest BCUT2D eigenvalue weighted by Crippen LogP contribution is -2.07. The van der Waals surface area contributed by atoms with Gasteiger partial charge < -0.3 is 10.5 Å². The molecule has 1 atom stereocenters. The van der Waals surface area contributed by atoms with Crippen molar-refractivity contribution in [2.45, 2.75) is 19.9 Å². The average molecular weight is 244 g/mol. The van der Waals surface area contributed by atoms with Gasteiger partial charge >= 0.3 is 0 Å². The first kappa shape index (κ1) is 10.5. The largest absolute Gasteiger partial charge is 0.496 e. The molecule has 0 fully saturated rings. The highest BCUT2D eigenvalue weighted by atomic mass is 79.9. The van der Waals surface area contributed by atoms with Gasteiger partial charge in [0.1, 0.15) is 5.75 Å². The van der Waals surface area contributed by atoms with Gasteiger partial charge in [-0.15, -0.1) is 0 Å². The minimum Gasteiger partial charge on any atom is -0.496 e. The molecule has 1 rings (SSSR count). The average Bonchev–Trinajstić information content (AvgIpc) is 2.08. The van der Waals surface area contributed by atoms with Crippen molar-refractivity contribution in [2.24, 2.45) is 5.73 Å². The number of methoxy groups -OCH3 is 1. The maximum Gasteiger partial charge on any atom is 0.123 e. The van der Waals surface area contributed by atoms with E-state index in [-0.39, 0.29) is 6.04 Å². The van der Waals surface area contributed by atoms with Gasteiger partial charge in [-0.05, 0) is 31.5 Å². The molecule has 0 aliphatic carbocycles. The van der Waals surface area contributed by atoms with E-state index in [2.05, 4.69) is 15.9 Å². The molecule has 72 valence electrons. The topological polar surface area (TPSA) is 35.2 Å². The number of ether oxygens (including phenoxy) is 1. The fourth-order valence-electron chi connectivity index (χ4n) is 1.20. The maximum absolute atomic E-state index is 5.81. The van der Waals surface area contributed by atoms with Crippen molar-refractivity contribution in [1.29, 1.82) is 0 Å². The zero-order chi connectivity index (χ0) is 10.0. The lowest BCUT2D eigenvalue weighted by atomic mass is 10.1. The Morgan fingerprint density at radius 2 is 2.08 bits per heavy atom. The molecule has 0 aliphatic rings. The number of benzene rings is 1. The summed E-state index contributed by atoms with van der Waals surface area (Å²) in [4.78, 5) is 0. The van der Waals surface area contributed by atoms with Crippen molar-refractivity contribution >= 4 is 15.9 Å². The van der Waals surface area contributed by atoms with E-state index in [0.717, 1.165) is 21.3 Å². The van der Waals surface area contributed by atoms with Gasteiger partial charge in [0.05, 0.1) is 7.11 Å². The van der Waals surface area contributed by atoms with Gasteiger partial charge in [0, 0.05) is 16.1 Å². The minimum absolute atomic E-state index is 0.00755. The summed E-state index contributed by atoms with van der Waals surface area (Å²) in [6, 6.07) is 3.99. The van der Waals surface area contributed by atoms with Gasteiger partial charge in [-0.3, -0.25) is 0 Å². The highest BCUT2D eigenvalue weighted by Crippen LogP contribution is 2.29. The Kier molecular flexibility index (Phi) is 3.33. The Morgan fingerprint density at radius 3 is 2.54 bits per heavy atom. The van der Waals surface area contributed by atoms with Gasteiger partial charge in [0.25, 0.3) is 0 Å². The molecular formula is C10H14BrNO. The molecular weight excluding hydrogens is 230 g/mol. The number of hydrogen-bond donors (Lipinski definition) is 1. The van der Waals surface area contributed by atoms with E-state index >= 15 is 0 Å². The first-order chi connectivity index (χ1) is 6.06. The molecule has 0 amide bonds. The second-order valence-corrected chi connectivity index (χ2v) is 3.99. The Labute approximate surface area is 87.2 Å². The quantitative estimate of drug-likeness (QED) is 0.868. The molecule has 0 radical (unpaired) electrons. The number of rotatable bonds is 2. The Hall–Kier alpha value is -0.540. The third-order valence-electron chi connectivity index (χ3n) is 2.00. The van der Waals surface area contributed by atoms with Gasteiger partial charge in [-0.2, -0.15) is 0 Å². The standard InChI is InChI=1S/C10H14BrNO/c1-6-4-10(13-3)8(7(2)12)5-9(6)11/h4-5,7H,12H2,1-3H3/t7-/m1/s1. The van der Waals surface area contributed by atoms with Crippen LogP contribution in [0.2, 0.25) is 0 Å². The van der Waals surface area contributed by atoms with E-state index in [9.17, 15) is 0 Å². The molecule has 1 aromatic carbocycles. The molecule has 0 saturated heterocycles. The van der Waals surface area contributed by atoms with Crippen molar-refractivity contribution in [2.75, 3.05) is 7.11 Å². The molecule has 3 heteroatoms. The first-order valence-electron chi connectivity index (χ1n) is 4.16. The zero-order valence-electron chi connectivity index (χ0n) is 8.10. The molecule has 0 aliphatic heterocycles. The summed E-state index contributed by atoms with van der Waals surface area (Å²) in [5.74, 6) is 0.857. The lowest BCUT2D eigenvalue weighted by Gasteiger charge is -2.13. The van der Waals surface area contributed by atoms with Crippen LogP contribution in [0.5, 0.6) is 5.75 Å². The molecule has 0 unspecified atom stereocenters. The van der Waals surface area contributed by atoms with Crippen LogP contribution in [0, 0.1) is 6.92 Å². The van der Waals surface area contributed by atoms with Crippen molar-refractivity contribution in [3.8, 4) is 5.75 Å². The van der Waals surface area contributed by atoms with Crippen molar-refractivity contribution in [3.63, 3.8) is 0 Å². The fourth-order valence-corrected chi connectivity index (χ4v) is 1.56. The Morgan fingerprint density at radius 1 is 1.46 bits per heavy atom. The summed E-state index contributed by atoms with van der Waals surface area (Å²) in [5.41, 5.74) is 7.99. The molecule has 2 nitrogen and oxygen atoms in total. The molecule has 13 heavy (non-hydrogen) atoms. The van der Waals surface area contributed by atoms with E-state index in [1.165, 1.54) is 0 Å². The normalized spacial score (nSPS) is 12.7. The highest BCUT2D eigenvalue weighted by Gasteiger charge is 2.09. The van der Waals surface area contributed by atoms with Gasteiger partial charge in [0.2, 0.25) is 0 Å². The summed E-state index contributed by atoms with van der Waals surface area (Å²) in [7, 11) is 1.66. The minimum atomic E-state index is -0.00755. The predicted octanol–water partition coefficient (Wildman–Crippen LogP) is 2.79. The van der Waals surface area contributed by atoms with Crippen molar-refractivity contribution in [1.82, 2.24) is 0 Å². The SMILES string of the molecule is COc1cc(C)c(Br)cc1[C@@H](C)N. The fraction of sp³-hybridized carbons (Fsp3) is 0.400. The van der Waals surface area contributed by atoms with Crippen LogP contribution in [-0.4, -0.2) is 7.11 Å². The molecule has 0 aromatic heterocycles. The molecule has 0 spiro atoms. The molecule has 0 bridgehead atoms. The van der Waals surface area contributed by atoms with Crippen LogP contribution in [0.25, 0.3) is 0 Å². The van der Waals surface area contributed by atoms with E-state index in [1.807, 2.05) is 26.0 Å². The maximum atomic E-state index is 5.81. The van der Waals surface area contributed by atoms with E-state index in [4.69, 9.17) is 10.5 Å². The van der Waals surface area contributed by atoms with Crippen LogP contribution in [0.1, 0.15) is 24.1 Å². The van der Waals surface area contributed by atoms with E-state index in [0.29, 0.717) is 0 Å². The third kappa shape index (κ3) is 2.23.